The molecule has 0 saturated carbocycles. The number of phosphoric ester groups is 1. The fourth-order valence-corrected chi connectivity index (χ4v) is 5.94. The third-order valence-electron chi connectivity index (χ3n) is 8.92. The maximum absolute atomic E-state index is 12.1. The first-order valence-corrected chi connectivity index (χ1v) is 22.3. The van der Waals surface area contributed by atoms with Gasteiger partial charge in [0.2, 0.25) is 0 Å². The lowest BCUT2D eigenvalue weighted by Gasteiger charge is -2.25. The van der Waals surface area contributed by atoms with Gasteiger partial charge in [-0.1, -0.05) is 168 Å². The van der Waals surface area contributed by atoms with E-state index in [0.29, 0.717) is 23.9 Å². The molecule has 0 rings (SSSR count). The van der Waals surface area contributed by atoms with Crippen molar-refractivity contribution in [3.05, 3.63) is 0 Å². The van der Waals surface area contributed by atoms with Crippen LogP contribution in [-0.4, -0.2) is 80.0 Å². The third-order valence-corrected chi connectivity index (χ3v) is 9.43. The van der Waals surface area contributed by atoms with Gasteiger partial charge in [-0.05, 0) is 12.8 Å². The minimum absolute atomic E-state index is 0.0147. The molecule has 51 heavy (non-hydrogen) atoms. The summed E-state index contributed by atoms with van der Waals surface area (Å²) in [6, 6.07) is 0. The summed E-state index contributed by atoms with van der Waals surface area (Å²) in [4.78, 5) is 42.4. The van der Waals surface area contributed by atoms with Crippen LogP contribution in [0.1, 0.15) is 194 Å². The first kappa shape index (κ1) is 52.1. The fourth-order valence-electron chi connectivity index (χ4n) is 5.63. The van der Waals surface area contributed by atoms with Crippen LogP contribution in [0.2, 0.25) is 0 Å². The molecule has 306 valence electrons. The normalized spacial score (nSPS) is 13.3. The minimum atomic E-state index is -4.51. The molecule has 0 aliphatic rings. The summed E-state index contributed by atoms with van der Waals surface area (Å²) in [5.74, 6) is -0.580. The van der Waals surface area contributed by atoms with Crippen molar-refractivity contribution in [3.63, 3.8) is 0 Å². The maximum Gasteiger partial charge on any atom is 0.306 e. The zero-order valence-corrected chi connectivity index (χ0v) is 34.7. The van der Waals surface area contributed by atoms with Crippen molar-refractivity contribution in [2.24, 2.45) is 0 Å². The maximum atomic E-state index is 12.1. The van der Waals surface area contributed by atoms with E-state index in [4.69, 9.17) is 14.4 Å². The summed E-state index contributed by atoms with van der Waals surface area (Å²) in [6.07, 6.45) is 32.9. The van der Waals surface area contributed by atoms with Gasteiger partial charge < -0.3 is 33.4 Å². The predicted octanol–water partition coefficient (Wildman–Crippen LogP) is 9.57. The number of carbonyl (C=O) groups is 2. The summed E-state index contributed by atoms with van der Waals surface area (Å²) in [7, 11) is 1.19. The van der Waals surface area contributed by atoms with Gasteiger partial charge in [0.15, 0.2) is 6.10 Å². The van der Waals surface area contributed by atoms with E-state index >= 15 is 0 Å². The van der Waals surface area contributed by atoms with Gasteiger partial charge in [-0.15, -0.1) is 0 Å². The van der Waals surface area contributed by atoms with Crippen LogP contribution < -0.4 is 4.89 Å². The Bertz CT molecular complexity index is 816. The van der Waals surface area contributed by atoms with Crippen molar-refractivity contribution in [2.75, 3.05) is 47.5 Å². The molecule has 2 N–H and O–H groups in total. The molecule has 0 aromatic carbocycles. The van der Waals surface area contributed by atoms with E-state index in [9.17, 15) is 24.2 Å². The van der Waals surface area contributed by atoms with Crippen LogP contribution in [-0.2, 0) is 28.2 Å². The van der Waals surface area contributed by atoms with Crippen molar-refractivity contribution in [1.29, 1.82) is 0 Å². The summed E-state index contributed by atoms with van der Waals surface area (Å²) < 4.78 is 25.4. The number of rotatable bonds is 36. The van der Waals surface area contributed by atoms with Crippen molar-refractivity contribution in [2.45, 2.75) is 200 Å². The number of phosphoric acid groups is 1. The van der Waals surface area contributed by atoms with Crippen LogP contribution in [0.4, 0.5) is 0 Å². The number of aliphatic hydroxyl groups excluding tert-OH is 1. The van der Waals surface area contributed by atoms with Crippen LogP contribution >= 0.6 is 7.82 Å². The van der Waals surface area contributed by atoms with Gasteiger partial charge in [0.1, 0.15) is 19.8 Å². The standard InChI is InChI=1S/C35H68O5.C5H14NO4P/c1-3-5-7-9-11-13-15-17-19-21-23-25-27-29-34(37)39-32-33(31-36)40-35(38)30-28-26-24-22-20-18-16-14-12-10-8-6-4-2;1-6(2,3)4-5-10-11(7,8)9/h33,36H,3-32H2,1-2H3;4-5H2,1-3H3,(H-,7,8,9)/t33-;/m0./s1. The molecular formula is C40H82NO9P. The third kappa shape index (κ3) is 46.9. The lowest BCUT2D eigenvalue weighted by Crippen LogP contribution is -2.37. The van der Waals surface area contributed by atoms with Crippen LogP contribution in [0, 0.1) is 0 Å². The average molecular weight is 752 g/mol. The number of nitrogens with zero attached hydrogens (tertiary/aromatic N) is 1. The minimum Gasteiger partial charge on any atom is -0.756 e. The van der Waals surface area contributed by atoms with Gasteiger partial charge in [-0.25, -0.2) is 0 Å². The summed E-state index contributed by atoms with van der Waals surface area (Å²) in [5.41, 5.74) is 0. The highest BCUT2D eigenvalue weighted by Crippen LogP contribution is 2.29. The molecule has 0 bridgehead atoms. The van der Waals surface area contributed by atoms with E-state index in [1.54, 1.807) is 0 Å². The number of hydrogen-bond acceptors (Lipinski definition) is 8. The number of quaternary nitrogens is 1. The van der Waals surface area contributed by atoms with E-state index < -0.39 is 13.9 Å². The van der Waals surface area contributed by atoms with E-state index in [1.165, 1.54) is 135 Å². The van der Waals surface area contributed by atoms with Crippen molar-refractivity contribution in [3.8, 4) is 0 Å². The lowest BCUT2D eigenvalue weighted by atomic mass is 10.0. The second-order valence-electron chi connectivity index (χ2n) is 15.3. The molecule has 0 fully saturated rings. The zero-order valence-electron chi connectivity index (χ0n) is 33.9. The molecule has 0 radical (unpaired) electrons. The van der Waals surface area contributed by atoms with Gasteiger partial charge in [-0.2, -0.15) is 0 Å². The Kier molecular flexibility index (Phi) is 38.1. The molecule has 0 amide bonds. The molecule has 1 unspecified atom stereocenters. The second-order valence-corrected chi connectivity index (χ2v) is 16.5. The first-order chi connectivity index (χ1) is 24.3. The second kappa shape index (κ2) is 37.3. The Hall–Kier alpha value is -1.03. The number of hydrogen-bond donors (Lipinski definition) is 2. The van der Waals surface area contributed by atoms with Gasteiger partial charge >= 0.3 is 11.9 Å². The highest BCUT2D eigenvalue weighted by Gasteiger charge is 2.16. The number of esters is 2. The monoisotopic (exact) mass is 752 g/mol. The topological polar surface area (TPSA) is 142 Å². The zero-order chi connectivity index (χ0) is 38.5. The molecule has 0 aliphatic heterocycles. The van der Waals surface area contributed by atoms with E-state index in [0.717, 1.165) is 32.1 Å². The summed E-state index contributed by atoms with van der Waals surface area (Å²) in [6.45, 7) is 4.69. The largest absolute Gasteiger partial charge is 0.756 e. The quantitative estimate of drug-likeness (QED) is 0.0277. The van der Waals surface area contributed by atoms with Gasteiger partial charge in [-0.3, -0.25) is 14.2 Å². The number of unbranched alkanes of at least 4 members (excludes halogenated alkanes) is 24. The van der Waals surface area contributed by atoms with Gasteiger partial charge in [0.25, 0.3) is 7.82 Å². The molecular weight excluding hydrogens is 669 g/mol. The number of aliphatic hydroxyl groups is 1. The Labute approximate surface area is 314 Å². The average Bonchev–Trinajstić information content (AvgIpc) is 3.06. The molecule has 0 saturated heterocycles. The number of likely N-dealkylation sites (N-methyl/N-ethyl adjacent to an activating group) is 1. The number of ether oxygens (including phenoxy) is 2. The van der Waals surface area contributed by atoms with E-state index in [-0.39, 0.29) is 31.8 Å². The Morgan fingerprint density at radius 3 is 1.25 bits per heavy atom. The Morgan fingerprint density at radius 2 is 0.941 bits per heavy atom. The lowest BCUT2D eigenvalue weighted by molar-refractivity contribution is -0.870. The van der Waals surface area contributed by atoms with E-state index in [1.807, 2.05) is 21.1 Å². The molecule has 11 heteroatoms. The molecule has 0 spiro atoms. The van der Waals surface area contributed by atoms with Gasteiger partial charge in [0, 0.05) is 12.8 Å². The Balaban J connectivity index is 0. The SMILES string of the molecule is CCCCCCCCCCCCCCCC(=O)OC[C@H](CO)OC(=O)CCCCCCCCCCCCCCC.C[N+](C)(C)CCOP(=O)([O-])O. The smallest absolute Gasteiger partial charge is 0.306 e. The molecule has 0 aliphatic carbocycles. The first-order valence-electron chi connectivity index (χ1n) is 20.8. The highest BCUT2D eigenvalue weighted by molar-refractivity contribution is 7.44. The molecule has 0 heterocycles. The van der Waals surface area contributed by atoms with Crippen molar-refractivity contribution < 1.29 is 47.5 Å². The van der Waals surface area contributed by atoms with Crippen LogP contribution in [0.25, 0.3) is 0 Å². The van der Waals surface area contributed by atoms with E-state index in [2.05, 4.69) is 18.4 Å². The van der Waals surface area contributed by atoms with Crippen LogP contribution in [0.5, 0.6) is 0 Å². The van der Waals surface area contributed by atoms with Crippen LogP contribution in [0.3, 0.4) is 0 Å². The summed E-state index contributed by atoms with van der Waals surface area (Å²) in [5, 5.41) is 9.50. The molecule has 0 aromatic heterocycles. The van der Waals surface area contributed by atoms with Crippen molar-refractivity contribution >= 4 is 19.8 Å². The van der Waals surface area contributed by atoms with Gasteiger partial charge in [0.05, 0.1) is 27.7 Å². The molecule has 0 aromatic rings. The highest BCUT2D eigenvalue weighted by atomic mass is 31.2. The molecule has 10 nitrogen and oxygen atoms in total. The number of carbonyl (C=O) groups excluding carboxylic acids is 2. The van der Waals surface area contributed by atoms with Crippen LogP contribution in [0.15, 0.2) is 0 Å². The fraction of sp³-hybridized carbons (Fsp3) is 0.950. The van der Waals surface area contributed by atoms with Crippen molar-refractivity contribution in [1.82, 2.24) is 0 Å². The predicted molar refractivity (Wildman–Crippen MR) is 207 cm³/mol. The Morgan fingerprint density at radius 1 is 0.608 bits per heavy atom. The summed E-state index contributed by atoms with van der Waals surface area (Å²) >= 11 is 0. The molecule has 2 atom stereocenters.